The van der Waals surface area contributed by atoms with Crippen molar-refractivity contribution in [1.29, 1.82) is 5.26 Å². The number of rotatable bonds is 4. The lowest BCUT2D eigenvalue weighted by molar-refractivity contribution is -0.380. The fraction of sp³-hybridized carbons (Fsp3) is 0. The minimum absolute atomic E-state index is 0.131. The van der Waals surface area contributed by atoms with Gasteiger partial charge in [-0.1, -0.05) is 12.1 Å². The molecule has 2 aromatic rings. The van der Waals surface area contributed by atoms with E-state index in [2.05, 4.69) is 4.72 Å². The maximum atomic E-state index is 12.1. The molecule has 0 saturated carbocycles. The topological polar surface area (TPSA) is 113 Å². The van der Waals surface area contributed by atoms with Crippen LogP contribution in [-0.4, -0.2) is 13.3 Å². The van der Waals surface area contributed by atoms with E-state index in [1.807, 2.05) is 6.07 Å². The van der Waals surface area contributed by atoms with Gasteiger partial charge in [0.05, 0.1) is 16.2 Å². The fourth-order valence-electron chi connectivity index (χ4n) is 1.42. The van der Waals surface area contributed by atoms with Crippen molar-refractivity contribution < 1.29 is 13.3 Å². The molecule has 0 spiro atoms. The molecule has 0 fully saturated rings. The number of hydrogen-bond donors (Lipinski definition) is 1. The van der Waals surface area contributed by atoms with Gasteiger partial charge in [0.2, 0.25) is 0 Å². The number of benzene rings is 1. The Morgan fingerprint density at radius 3 is 2.55 bits per heavy atom. The van der Waals surface area contributed by atoms with Crippen LogP contribution in [0.4, 0.5) is 10.7 Å². The molecule has 0 atom stereocenters. The highest BCUT2D eigenvalue weighted by Crippen LogP contribution is 2.29. The second-order valence-corrected chi connectivity index (χ2v) is 6.58. The molecule has 9 heteroatoms. The van der Waals surface area contributed by atoms with Crippen LogP contribution >= 0.6 is 11.3 Å². The Labute approximate surface area is 118 Å². The first-order chi connectivity index (χ1) is 9.44. The Morgan fingerprint density at radius 1 is 1.25 bits per heavy atom. The maximum Gasteiger partial charge on any atom is 0.325 e. The third-order valence-corrected chi connectivity index (χ3v) is 5.20. The molecule has 0 aliphatic heterocycles. The predicted molar refractivity (Wildman–Crippen MR) is 72.9 cm³/mol. The molecule has 0 amide bonds. The van der Waals surface area contributed by atoms with Gasteiger partial charge in [0.15, 0.2) is 0 Å². The van der Waals surface area contributed by atoms with Crippen LogP contribution in [0.5, 0.6) is 0 Å². The zero-order chi connectivity index (χ0) is 14.8. The number of sulfonamides is 1. The molecule has 0 radical (unpaired) electrons. The summed E-state index contributed by atoms with van der Waals surface area (Å²) in [6.07, 6.45) is 0. The lowest BCUT2D eigenvalue weighted by Gasteiger charge is -2.06. The number of nitrogens with zero attached hydrogens (tertiary/aromatic N) is 2. The number of anilines is 1. The molecule has 1 aromatic heterocycles. The monoisotopic (exact) mass is 309 g/mol. The summed E-state index contributed by atoms with van der Waals surface area (Å²) in [5, 5.41) is 19.2. The molecule has 20 heavy (non-hydrogen) atoms. The first-order valence-corrected chi connectivity index (χ1v) is 7.50. The molecule has 1 aromatic carbocycles. The van der Waals surface area contributed by atoms with E-state index >= 15 is 0 Å². The summed E-state index contributed by atoms with van der Waals surface area (Å²) in [4.78, 5) is 9.90. The molecule has 102 valence electrons. The van der Waals surface area contributed by atoms with E-state index in [1.54, 1.807) is 12.1 Å². The molecule has 0 unspecified atom stereocenters. The van der Waals surface area contributed by atoms with Crippen LogP contribution in [0.25, 0.3) is 0 Å². The van der Waals surface area contributed by atoms with Gasteiger partial charge >= 0.3 is 5.00 Å². The normalized spacial score (nSPS) is 10.8. The van der Waals surface area contributed by atoms with Crippen molar-refractivity contribution >= 4 is 32.0 Å². The molecule has 2 rings (SSSR count). The van der Waals surface area contributed by atoms with Crippen LogP contribution in [-0.2, 0) is 10.0 Å². The summed E-state index contributed by atoms with van der Waals surface area (Å²) in [6.45, 7) is 0. The maximum absolute atomic E-state index is 12.1. The molecule has 0 bridgehead atoms. The van der Waals surface area contributed by atoms with E-state index in [0.717, 1.165) is 12.1 Å². The summed E-state index contributed by atoms with van der Waals surface area (Å²) in [6, 6.07) is 10.2. The Kier molecular flexibility index (Phi) is 3.69. The number of hydrogen-bond acceptors (Lipinski definition) is 6. The predicted octanol–water partition coefficient (Wildman–Crippen LogP) is 2.33. The molecule has 1 heterocycles. The SMILES string of the molecule is N#Cc1ccccc1NS(=O)(=O)c1ccc([N+](=O)[O-])s1. The van der Waals surface area contributed by atoms with E-state index < -0.39 is 14.9 Å². The average molecular weight is 309 g/mol. The van der Waals surface area contributed by atoms with Gasteiger partial charge in [0.25, 0.3) is 10.0 Å². The second-order valence-electron chi connectivity index (χ2n) is 3.61. The summed E-state index contributed by atoms with van der Waals surface area (Å²) >= 11 is 0.548. The van der Waals surface area contributed by atoms with E-state index in [4.69, 9.17) is 5.26 Å². The highest BCUT2D eigenvalue weighted by molar-refractivity contribution is 7.94. The largest absolute Gasteiger partial charge is 0.325 e. The zero-order valence-corrected chi connectivity index (χ0v) is 11.4. The minimum Gasteiger partial charge on any atom is -0.278 e. The first kappa shape index (κ1) is 14.0. The number of nitro groups is 1. The molecule has 0 aliphatic rings. The van der Waals surface area contributed by atoms with Gasteiger partial charge in [-0.25, -0.2) is 8.42 Å². The lowest BCUT2D eigenvalue weighted by Crippen LogP contribution is -2.12. The van der Waals surface area contributed by atoms with Gasteiger partial charge in [0, 0.05) is 6.07 Å². The number of nitrogens with one attached hydrogen (secondary N) is 1. The van der Waals surface area contributed by atoms with Crippen molar-refractivity contribution in [3.8, 4) is 6.07 Å². The van der Waals surface area contributed by atoms with Gasteiger partial charge < -0.3 is 0 Å². The van der Waals surface area contributed by atoms with Crippen molar-refractivity contribution in [3.05, 3.63) is 52.1 Å². The van der Waals surface area contributed by atoms with Crippen LogP contribution in [0, 0.1) is 21.4 Å². The number of nitriles is 1. The van der Waals surface area contributed by atoms with Gasteiger partial charge in [-0.15, -0.1) is 0 Å². The van der Waals surface area contributed by atoms with Crippen molar-refractivity contribution in [2.75, 3.05) is 4.72 Å². The van der Waals surface area contributed by atoms with Crippen LogP contribution in [0.15, 0.2) is 40.6 Å². The summed E-state index contributed by atoms with van der Waals surface area (Å²) < 4.78 is 26.2. The fourth-order valence-corrected chi connectivity index (χ4v) is 3.61. The van der Waals surface area contributed by atoms with Crippen molar-refractivity contribution in [3.63, 3.8) is 0 Å². The van der Waals surface area contributed by atoms with Gasteiger partial charge in [-0.05, 0) is 29.5 Å². The third-order valence-electron chi connectivity index (χ3n) is 2.30. The standard InChI is InChI=1S/C11H7N3O4S2/c12-7-8-3-1-2-4-9(8)13-20(17,18)11-6-5-10(19-11)14(15)16/h1-6,13H. The smallest absolute Gasteiger partial charge is 0.278 e. The highest BCUT2D eigenvalue weighted by Gasteiger charge is 2.21. The first-order valence-electron chi connectivity index (χ1n) is 5.20. The minimum atomic E-state index is -3.95. The van der Waals surface area contributed by atoms with Crippen molar-refractivity contribution in [2.24, 2.45) is 0 Å². The molecule has 7 nitrogen and oxygen atoms in total. The van der Waals surface area contributed by atoms with Crippen LogP contribution in [0.2, 0.25) is 0 Å². The second kappa shape index (κ2) is 5.28. The van der Waals surface area contributed by atoms with Crippen LogP contribution in [0.3, 0.4) is 0 Å². The highest BCUT2D eigenvalue weighted by atomic mass is 32.2. The zero-order valence-electron chi connectivity index (χ0n) is 9.81. The Balaban J connectivity index is 2.36. The molecule has 0 saturated heterocycles. The Hall–Kier alpha value is -2.44. The summed E-state index contributed by atoms with van der Waals surface area (Å²) in [5.41, 5.74) is 0.299. The quantitative estimate of drug-likeness (QED) is 0.687. The van der Waals surface area contributed by atoms with Gasteiger partial charge in [-0.3, -0.25) is 14.8 Å². The van der Waals surface area contributed by atoms with E-state index in [-0.39, 0.29) is 20.5 Å². The van der Waals surface area contributed by atoms with Crippen LogP contribution < -0.4 is 4.72 Å². The third kappa shape index (κ3) is 2.76. The number of para-hydroxylation sites is 1. The van der Waals surface area contributed by atoms with E-state index in [1.165, 1.54) is 12.1 Å². The van der Waals surface area contributed by atoms with Crippen molar-refractivity contribution in [2.45, 2.75) is 4.21 Å². The Morgan fingerprint density at radius 2 is 1.95 bits per heavy atom. The summed E-state index contributed by atoms with van der Waals surface area (Å²) in [5.74, 6) is 0. The van der Waals surface area contributed by atoms with Gasteiger partial charge in [0.1, 0.15) is 10.3 Å². The summed E-state index contributed by atoms with van der Waals surface area (Å²) in [7, 11) is -3.95. The molecular formula is C11H7N3O4S2. The van der Waals surface area contributed by atoms with E-state index in [0.29, 0.717) is 11.3 Å². The molecule has 1 N–H and O–H groups in total. The molecule has 0 aliphatic carbocycles. The number of thiophene rings is 1. The van der Waals surface area contributed by atoms with E-state index in [9.17, 15) is 18.5 Å². The van der Waals surface area contributed by atoms with Gasteiger partial charge in [-0.2, -0.15) is 5.26 Å². The average Bonchev–Trinajstić information content (AvgIpc) is 2.89. The van der Waals surface area contributed by atoms with Crippen LogP contribution in [0.1, 0.15) is 5.56 Å². The molecular weight excluding hydrogens is 302 g/mol. The van der Waals surface area contributed by atoms with Crippen molar-refractivity contribution in [1.82, 2.24) is 0 Å². The lowest BCUT2D eigenvalue weighted by atomic mass is 10.2. The Bertz CT molecular complexity index is 805.